The van der Waals surface area contributed by atoms with Gasteiger partial charge in [0.25, 0.3) is 0 Å². The predicted octanol–water partition coefficient (Wildman–Crippen LogP) is 3.75. The van der Waals surface area contributed by atoms with Gasteiger partial charge in [-0.2, -0.15) is 0 Å². The third-order valence-corrected chi connectivity index (χ3v) is 6.54. The summed E-state index contributed by atoms with van der Waals surface area (Å²) in [6.07, 6.45) is 3.96. The highest BCUT2D eigenvalue weighted by atomic mass is 16.5. The van der Waals surface area contributed by atoms with Crippen LogP contribution in [-0.2, 0) is 25.5 Å². The molecule has 6 heteroatoms. The van der Waals surface area contributed by atoms with Gasteiger partial charge in [-0.1, -0.05) is 18.2 Å². The van der Waals surface area contributed by atoms with Crippen molar-refractivity contribution in [1.29, 1.82) is 0 Å². The smallest absolute Gasteiger partial charge is 0.306 e. The van der Waals surface area contributed by atoms with E-state index in [-0.39, 0.29) is 23.4 Å². The predicted molar refractivity (Wildman–Crippen MR) is 110 cm³/mol. The molecule has 0 saturated carbocycles. The van der Waals surface area contributed by atoms with Crippen molar-refractivity contribution in [2.45, 2.75) is 52.0 Å². The Bertz CT molecular complexity index is 905. The van der Waals surface area contributed by atoms with Crippen LogP contribution in [0.3, 0.4) is 0 Å². The van der Waals surface area contributed by atoms with E-state index >= 15 is 0 Å². The van der Waals surface area contributed by atoms with E-state index in [0.29, 0.717) is 26.1 Å². The molecule has 2 atom stereocenters. The summed E-state index contributed by atoms with van der Waals surface area (Å²) in [4.78, 5) is 30.2. The second-order valence-electron chi connectivity index (χ2n) is 8.29. The molecule has 1 aromatic heterocycles. The van der Waals surface area contributed by atoms with Crippen LogP contribution >= 0.6 is 0 Å². The van der Waals surface area contributed by atoms with Crippen LogP contribution in [0, 0.1) is 5.41 Å². The van der Waals surface area contributed by atoms with E-state index in [1.807, 2.05) is 6.92 Å². The summed E-state index contributed by atoms with van der Waals surface area (Å²) >= 11 is 0. The summed E-state index contributed by atoms with van der Waals surface area (Å²) in [5.41, 5.74) is 3.43. The molecular weight excluding hydrogens is 368 g/mol. The summed E-state index contributed by atoms with van der Waals surface area (Å²) in [6, 6.07) is 8.53. The van der Waals surface area contributed by atoms with E-state index in [4.69, 9.17) is 9.47 Å². The standard InChI is InChI=1S/C23H30N2O4/c1-3-28-20(27)15-23(11-14-29-16(2)26)10-6-12-25-13-9-18-17-7-4-5-8-19(17)24-21(18)22(23)25/h4-5,7-8,22,24H,3,6,9-15H2,1-2H3/t22-,23-/m1/s1. The van der Waals surface area contributed by atoms with Crippen molar-refractivity contribution in [1.82, 2.24) is 9.88 Å². The van der Waals surface area contributed by atoms with Crippen LogP contribution in [0.1, 0.15) is 56.8 Å². The van der Waals surface area contributed by atoms with E-state index in [2.05, 4.69) is 34.1 Å². The zero-order valence-electron chi connectivity index (χ0n) is 17.3. The van der Waals surface area contributed by atoms with Crippen molar-refractivity contribution in [3.05, 3.63) is 35.5 Å². The molecule has 156 valence electrons. The van der Waals surface area contributed by atoms with Gasteiger partial charge in [0.05, 0.1) is 25.7 Å². The maximum Gasteiger partial charge on any atom is 0.306 e. The highest BCUT2D eigenvalue weighted by molar-refractivity contribution is 5.85. The fourth-order valence-electron chi connectivity index (χ4n) is 5.43. The molecule has 2 aliphatic rings. The number of aromatic nitrogens is 1. The average Bonchev–Trinajstić information content (AvgIpc) is 3.06. The highest BCUT2D eigenvalue weighted by Crippen LogP contribution is 2.53. The number of para-hydroxylation sites is 1. The van der Waals surface area contributed by atoms with Crippen LogP contribution in [0.15, 0.2) is 24.3 Å². The van der Waals surface area contributed by atoms with Gasteiger partial charge in [0.1, 0.15) is 0 Å². The number of esters is 2. The normalized spacial score (nSPS) is 24.0. The Morgan fingerprint density at radius 3 is 2.86 bits per heavy atom. The van der Waals surface area contributed by atoms with Gasteiger partial charge in [0.15, 0.2) is 0 Å². The molecule has 2 aliphatic heterocycles. The second-order valence-corrected chi connectivity index (χ2v) is 8.29. The number of piperidine rings is 1. The molecule has 2 aromatic rings. The molecule has 0 amide bonds. The Hall–Kier alpha value is -2.34. The van der Waals surface area contributed by atoms with Gasteiger partial charge in [0.2, 0.25) is 0 Å². The fourth-order valence-corrected chi connectivity index (χ4v) is 5.43. The van der Waals surface area contributed by atoms with E-state index in [1.54, 1.807) is 0 Å². The number of carbonyl (C=O) groups is 2. The molecule has 1 N–H and O–H groups in total. The fraction of sp³-hybridized carbons (Fsp3) is 0.565. The van der Waals surface area contributed by atoms with Gasteiger partial charge < -0.3 is 14.5 Å². The molecule has 0 radical (unpaired) electrons. The average molecular weight is 399 g/mol. The third kappa shape index (κ3) is 3.78. The Kier molecular flexibility index (Phi) is 5.63. The lowest BCUT2D eigenvalue weighted by Crippen LogP contribution is -2.50. The largest absolute Gasteiger partial charge is 0.466 e. The Morgan fingerprint density at radius 2 is 2.07 bits per heavy atom. The second kappa shape index (κ2) is 8.19. The van der Waals surface area contributed by atoms with Crippen LogP contribution < -0.4 is 0 Å². The number of nitrogens with one attached hydrogen (secondary N) is 1. The zero-order valence-corrected chi connectivity index (χ0v) is 17.3. The van der Waals surface area contributed by atoms with Gasteiger partial charge in [0, 0.05) is 35.5 Å². The SMILES string of the molecule is CCOC(=O)C[C@]1(CCOC(C)=O)CCCN2CCc3c([nH]c4ccccc34)[C@@H]21. The summed E-state index contributed by atoms with van der Waals surface area (Å²) < 4.78 is 10.7. The third-order valence-electron chi connectivity index (χ3n) is 6.54. The molecule has 0 spiro atoms. The molecule has 4 rings (SSSR count). The maximum atomic E-state index is 12.6. The summed E-state index contributed by atoms with van der Waals surface area (Å²) in [6.45, 7) is 5.99. The zero-order chi connectivity index (χ0) is 20.4. The maximum absolute atomic E-state index is 12.6. The van der Waals surface area contributed by atoms with E-state index < -0.39 is 0 Å². The monoisotopic (exact) mass is 398 g/mol. The number of carbonyl (C=O) groups excluding carboxylic acids is 2. The molecule has 1 aromatic carbocycles. The van der Waals surface area contributed by atoms with Crippen LogP contribution in [0.25, 0.3) is 10.9 Å². The van der Waals surface area contributed by atoms with Crippen molar-refractivity contribution < 1.29 is 19.1 Å². The van der Waals surface area contributed by atoms with Crippen molar-refractivity contribution in [3.8, 4) is 0 Å². The molecule has 0 unspecified atom stereocenters. The van der Waals surface area contributed by atoms with Crippen molar-refractivity contribution in [2.75, 3.05) is 26.3 Å². The molecule has 1 fully saturated rings. The number of hydrogen-bond acceptors (Lipinski definition) is 5. The lowest BCUT2D eigenvalue weighted by atomic mass is 9.66. The van der Waals surface area contributed by atoms with Crippen molar-refractivity contribution in [3.63, 3.8) is 0 Å². The lowest BCUT2D eigenvalue weighted by molar-refractivity contribution is -0.150. The number of nitrogens with zero attached hydrogens (tertiary/aromatic N) is 1. The molecule has 0 bridgehead atoms. The van der Waals surface area contributed by atoms with Gasteiger partial charge in [-0.25, -0.2) is 0 Å². The van der Waals surface area contributed by atoms with Crippen LogP contribution in [0.5, 0.6) is 0 Å². The quantitative estimate of drug-likeness (QED) is 0.751. The molecule has 6 nitrogen and oxygen atoms in total. The number of fused-ring (bicyclic) bond motifs is 5. The van der Waals surface area contributed by atoms with Crippen LogP contribution in [0.4, 0.5) is 0 Å². The Labute approximate surface area is 171 Å². The van der Waals surface area contributed by atoms with Crippen LogP contribution in [-0.4, -0.2) is 48.1 Å². The first kappa shape index (κ1) is 20.0. The Morgan fingerprint density at radius 1 is 1.24 bits per heavy atom. The van der Waals surface area contributed by atoms with Crippen molar-refractivity contribution in [2.24, 2.45) is 5.41 Å². The van der Waals surface area contributed by atoms with Gasteiger partial charge in [-0.3, -0.25) is 14.5 Å². The minimum absolute atomic E-state index is 0.104. The minimum atomic E-state index is -0.310. The topological polar surface area (TPSA) is 71.6 Å². The number of rotatable bonds is 6. The first-order valence-electron chi connectivity index (χ1n) is 10.7. The molecular formula is C23H30N2O4. The summed E-state index contributed by atoms with van der Waals surface area (Å²) in [5, 5.41) is 1.28. The molecule has 3 heterocycles. The lowest BCUT2D eigenvalue weighted by Gasteiger charge is -2.51. The number of ether oxygens (including phenoxy) is 2. The van der Waals surface area contributed by atoms with Crippen LogP contribution in [0.2, 0.25) is 0 Å². The van der Waals surface area contributed by atoms with Gasteiger partial charge in [-0.05, 0) is 50.8 Å². The Balaban J connectivity index is 1.75. The molecule has 1 saturated heterocycles. The van der Waals surface area contributed by atoms with E-state index in [1.165, 1.54) is 23.6 Å². The highest BCUT2D eigenvalue weighted by Gasteiger charge is 2.49. The van der Waals surface area contributed by atoms with Crippen molar-refractivity contribution >= 4 is 22.8 Å². The number of benzene rings is 1. The minimum Gasteiger partial charge on any atom is -0.466 e. The van der Waals surface area contributed by atoms with E-state index in [0.717, 1.165) is 37.9 Å². The number of aromatic amines is 1. The summed E-state index contributed by atoms with van der Waals surface area (Å²) in [5.74, 6) is -0.445. The summed E-state index contributed by atoms with van der Waals surface area (Å²) in [7, 11) is 0. The van der Waals surface area contributed by atoms with E-state index in [9.17, 15) is 9.59 Å². The number of H-pyrrole nitrogens is 1. The molecule has 0 aliphatic carbocycles. The number of hydrogen-bond donors (Lipinski definition) is 1. The first-order chi connectivity index (χ1) is 14.0. The first-order valence-corrected chi connectivity index (χ1v) is 10.7. The van der Waals surface area contributed by atoms with Gasteiger partial charge >= 0.3 is 11.9 Å². The molecule has 29 heavy (non-hydrogen) atoms. The van der Waals surface area contributed by atoms with Gasteiger partial charge in [-0.15, -0.1) is 0 Å².